The molecule has 0 spiro atoms. The van der Waals surface area contributed by atoms with Crippen molar-refractivity contribution in [3.05, 3.63) is 54.6 Å². The van der Waals surface area contributed by atoms with E-state index in [1.807, 2.05) is 48.5 Å². The first-order chi connectivity index (χ1) is 14.4. The normalized spacial score (nSPS) is 17.2. The lowest BCUT2D eigenvalue weighted by Crippen LogP contribution is -2.55. The molecule has 0 radical (unpaired) electrons. The maximum atomic E-state index is 12.4. The van der Waals surface area contributed by atoms with E-state index in [0.717, 1.165) is 23.8 Å². The summed E-state index contributed by atoms with van der Waals surface area (Å²) in [6, 6.07) is 16.2. The lowest BCUT2D eigenvalue weighted by molar-refractivity contribution is -0.132. The lowest BCUT2D eigenvalue weighted by Gasteiger charge is -2.32. The summed E-state index contributed by atoms with van der Waals surface area (Å²) in [7, 11) is -3.50. The Morgan fingerprint density at radius 1 is 1.03 bits per heavy atom. The van der Waals surface area contributed by atoms with Crippen LogP contribution < -0.4 is 15.6 Å². The summed E-state index contributed by atoms with van der Waals surface area (Å²) in [6.07, 6.45) is 2.94. The maximum Gasteiger partial charge on any atom is 0.276 e. The molecule has 9 heteroatoms. The van der Waals surface area contributed by atoms with Crippen LogP contribution in [0.5, 0.6) is 5.75 Å². The molecule has 30 heavy (non-hydrogen) atoms. The maximum absolute atomic E-state index is 12.4. The number of nitrogens with zero attached hydrogens (tertiary/aromatic N) is 1. The Labute approximate surface area is 176 Å². The minimum Gasteiger partial charge on any atom is -0.483 e. The fourth-order valence-corrected chi connectivity index (χ4v) is 4.53. The number of carbonyl (C=O) groups excluding carboxylic acids is 2. The smallest absolute Gasteiger partial charge is 0.276 e. The molecule has 0 saturated carbocycles. The fraction of sp³-hybridized carbons (Fsp3) is 0.333. The minimum absolute atomic E-state index is 0.296. The number of hydrogen-bond acceptors (Lipinski definition) is 5. The summed E-state index contributed by atoms with van der Waals surface area (Å²) < 4.78 is 30.6. The number of sulfonamides is 1. The molecule has 1 saturated heterocycles. The summed E-state index contributed by atoms with van der Waals surface area (Å²) in [4.78, 5) is 24.5. The number of rotatable bonds is 6. The second-order valence-corrected chi connectivity index (χ2v) is 9.01. The summed E-state index contributed by atoms with van der Waals surface area (Å²) in [6.45, 7) is -0.00513. The average Bonchev–Trinajstić information content (AvgIpc) is 2.76. The first kappa shape index (κ1) is 21.8. The van der Waals surface area contributed by atoms with Gasteiger partial charge in [0.05, 0.1) is 6.26 Å². The van der Waals surface area contributed by atoms with Crippen molar-refractivity contribution in [3.8, 4) is 16.9 Å². The third-order valence-electron chi connectivity index (χ3n) is 4.84. The average molecular weight is 432 g/mol. The number of carbonyl (C=O) groups is 2. The number of hydrogen-bond donors (Lipinski definition) is 2. The molecule has 2 amide bonds. The van der Waals surface area contributed by atoms with Crippen LogP contribution in [0.4, 0.5) is 0 Å². The molecule has 1 aliphatic heterocycles. The first-order valence-corrected chi connectivity index (χ1v) is 11.5. The predicted molar refractivity (Wildman–Crippen MR) is 113 cm³/mol. The first-order valence-electron chi connectivity index (χ1n) is 9.69. The van der Waals surface area contributed by atoms with Gasteiger partial charge < -0.3 is 4.74 Å². The molecule has 8 nitrogen and oxygen atoms in total. The Kier molecular flexibility index (Phi) is 7.07. The molecule has 2 N–H and O–H groups in total. The SMILES string of the molecule is CS(=O)(=O)N1CCCCC1C(=O)NNC(=O)COc1ccccc1-c1ccccc1. The molecule has 1 atom stereocenters. The quantitative estimate of drug-likeness (QED) is 0.678. The molecule has 1 unspecified atom stereocenters. The van der Waals surface area contributed by atoms with Crippen molar-refractivity contribution in [3.63, 3.8) is 0 Å². The van der Waals surface area contributed by atoms with Crippen LogP contribution in [0.15, 0.2) is 54.6 Å². The lowest BCUT2D eigenvalue weighted by atomic mass is 10.0. The van der Waals surface area contributed by atoms with Gasteiger partial charge in [-0.05, 0) is 24.5 Å². The Morgan fingerprint density at radius 3 is 2.47 bits per heavy atom. The molecule has 160 valence electrons. The van der Waals surface area contributed by atoms with Gasteiger partial charge >= 0.3 is 0 Å². The zero-order valence-electron chi connectivity index (χ0n) is 16.7. The van der Waals surface area contributed by atoms with Gasteiger partial charge in [-0.1, -0.05) is 55.0 Å². The van der Waals surface area contributed by atoms with Gasteiger partial charge in [-0.2, -0.15) is 4.31 Å². The Balaban J connectivity index is 1.55. The van der Waals surface area contributed by atoms with E-state index >= 15 is 0 Å². The largest absolute Gasteiger partial charge is 0.483 e. The molecular formula is C21H25N3O5S. The van der Waals surface area contributed by atoms with E-state index in [9.17, 15) is 18.0 Å². The second kappa shape index (κ2) is 9.73. The summed E-state index contributed by atoms with van der Waals surface area (Å²) in [5.74, 6) is -0.563. The van der Waals surface area contributed by atoms with Gasteiger partial charge in [0.15, 0.2) is 6.61 Å². The van der Waals surface area contributed by atoms with Crippen molar-refractivity contribution in [1.29, 1.82) is 0 Å². The van der Waals surface area contributed by atoms with Gasteiger partial charge in [-0.3, -0.25) is 20.4 Å². The fourth-order valence-electron chi connectivity index (χ4n) is 3.41. The molecule has 0 bridgehead atoms. The number of hydrazine groups is 1. The number of amides is 2. The number of para-hydroxylation sites is 1. The van der Waals surface area contributed by atoms with Crippen LogP contribution in [-0.2, 0) is 19.6 Å². The summed E-state index contributed by atoms with van der Waals surface area (Å²) >= 11 is 0. The molecule has 1 fully saturated rings. The van der Waals surface area contributed by atoms with E-state index in [2.05, 4.69) is 10.9 Å². The highest BCUT2D eigenvalue weighted by Crippen LogP contribution is 2.29. The van der Waals surface area contributed by atoms with E-state index in [0.29, 0.717) is 25.1 Å². The topological polar surface area (TPSA) is 105 Å². The van der Waals surface area contributed by atoms with Crippen LogP contribution >= 0.6 is 0 Å². The Hall–Kier alpha value is -2.91. The van der Waals surface area contributed by atoms with Crippen LogP contribution in [0.1, 0.15) is 19.3 Å². The minimum atomic E-state index is -3.50. The van der Waals surface area contributed by atoms with Gasteiger partial charge in [0.1, 0.15) is 11.8 Å². The molecule has 0 aliphatic carbocycles. The highest BCUT2D eigenvalue weighted by Gasteiger charge is 2.34. The van der Waals surface area contributed by atoms with E-state index in [1.54, 1.807) is 6.07 Å². The zero-order valence-corrected chi connectivity index (χ0v) is 17.5. The summed E-state index contributed by atoms with van der Waals surface area (Å²) in [5.41, 5.74) is 6.41. The number of piperidine rings is 1. The highest BCUT2D eigenvalue weighted by molar-refractivity contribution is 7.88. The Bertz CT molecular complexity index is 995. The van der Waals surface area contributed by atoms with Crippen molar-refractivity contribution in [2.75, 3.05) is 19.4 Å². The molecule has 0 aromatic heterocycles. The van der Waals surface area contributed by atoms with Crippen molar-refractivity contribution in [1.82, 2.24) is 15.2 Å². The zero-order chi connectivity index (χ0) is 21.6. The highest BCUT2D eigenvalue weighted by atomic mass is 32.2. The van der Waals surface area contributed by atoms with Crippen LogP contribution in [0.3, 0.4) is 0 Å². The monoisotopic (exact) mass is 431 g/mol. The van der Waals surface area contributed by atoms with E-state index in [4.69, 9.17) is 4.74 Å². The van der Waals surface area contributed by atoms with E-state index < -0.39 is 27.9 Å². The second-order valence-electron chi connectivity index (χ2n) is 7.07. The van der Waals surface area contributed by atoms with Crippen LogP contribution in [0.25, 0.3) is 11.1 Å². The van der Waals surface area contributed by atoms with Crippen molar-refractivity contribution in [2.45, 2.75) is 25.3 Å². The molecule has 2 aromatic rings. The third-order valence-corrected chi connectivity index (χ3v) is 6.13. The number of ether oxygens (including phenoxy) is 1. The van der Waals surface area contributed by atoms with Crippen molar-refractivity contribution >= 4 is 21.8 Å². The van der Waals surface area contributed by atoms with Crippen LogP contribution in [0.2, 0.25) is 0 Å². The van der Waals surface area contributed by atoms with E-state index in [1.165, 1.54) is 4.31 Å². The molecule has 1 aliphatic rings. The number of benzene rings is 2. The van der Waals surface area contributed by atoms with Gasteiger partial charge in [0.25, 0.3) is 11.8 Å². The molecular weight excluding hydrogens is 406 g/mol. The Morgan fingerprint density at radius 2 is 1.73 bits per heavy atom. The van der Waals surface area contributed by atoms with Crippen molar-refractivity contribution in [2.24, 2.45) is 0 Å². The van der Waals surface area contributed by atoms with Crippen LogP contribution in [0, 0.1) is 0 Å². The molecule has 1 heterocycles. The van der Waals surface area contributed by atoms with Gasteiger partial charge in [-0.15, -0.1) is 0 Å². The number of nitrogens with one attached hydrogen (secondary N) is 2. The summed E-state index contributed by atoms with van der Waals surface area (Å²) in [5, 5.41) is 0. The van der Waals surface area contributed by atoms with Gasteiger partial charge in [0, 0.05) is 12.1 Å². The predicted octanol–water partition coefficient (Wildman–Crippen LogP) is 1.69. The molecule has 2 aromatic carbocycles. The van der Waals surface area contributed by atoms with Crippen LogP contribution in [-0.4, -0.2) is 50.0 Å². The third kappa shape index (κ3) is 5.58. The standard InChI is InChI=1S/C21H25N3O5S/c1-30(27,28)24-14-8-7-12-18(24)21(26)23-22-20(25)15-29-19-13-6-5-11-17(19)16-9-3-2-4-10-16/h2-6,9-11,13,18H,7-8,12,14-15H2,1H3,(H,22,25)(H,23,26). The van der Waals surface area contributed by atoms with Crippen molar-refractivity contribution < 1.29 is 22.7 Å². The van der Waals surface area contributed by atoms with E-state index in [-0.39, 0.29) is 6.61 Å². The molecule has 3 rings (SSSR count). The van der Waals surface area contributed by atoms with Gasteiger partial charge in [-0.25, -0.2) is 8.42 Å². The van der Waals surface area contributed by atoms with Gasteiger partial charge in [0.2, 0.25) is 10.0 Å².